The number of aromatic carboxylic acids is 1. The summed E-state index contributed by atoms with van der Waals surface area (Å²) in [4.78, 5) is 21.8. The molecule has 0 aliphatic carbocycles. The molecule has 1 amide bonds. The predicted molar refractivity (Wildman–Crippen MR) is 63.6 cm³/mol. The van der Waals surface area contributed by atoms with Gasteiger partial charge in [0, 0.05) is 5.33 Å². The molecule has 3 N–H and O–H groups in total. The van der Waals surface area contributed by atoms with E-state index in [1.165, 1.54) is 6.07 Å². The first-order chi connectivity index (χ1) is 7.54. The van der Waals surface area contributed by atoms with Crippen LogP contribution in [0.4, 0.5) is 0 Å². The summed E-state index contributed by atoms with van der Waals surface area (Å²) in [6.07, 6.45) is 0.446. The van der Waals surface area contributed by atoms with Crippen molar-refractivity contribution in [2.75, 3.05) is 5.33 Å². The van der Waals surface area contributed by atoms with E-state index in [-0.39, 0.29) is 11.5 Å². The average Bonchev–Trinajstić information content (AvgIpc) is 2.25. The highest BCUT2D eigenvalue weighted by atomic mass is 79.9. The van der Waals surface area contributed by atoms with E-state index in [1.807, 2.05) is 0 Å². The van der Waals surface area contributed by atoms with Crippen molar-refractivity contribution in [2.24, 2.45) is 11.7 Å². The zero-order chi connectivity index (χ0) is 12.1. The van der Waals surface area contributed by atoms with Crippen molar-refractivity contribution in [2.45, 2.75) is 6.42 Å². The van der Waals surface area contributed by atoms with Gasteiger partial charge in [0.25, 0.3) is 0 Å². The van der Waals surface area contributed by atoms with Crippen LogP contribution < -0.4 is 5.73 Å². The van der Waals surface area contributed by atoms with Crippen molar-refractivity contribution in [3.05, 3.63) is 35.4 Å². The van der Waals surface area contributed by atoms with Crippen LogP contribution in [0, 0.1) is 5.92 Å². The molecular formula is C11H12BrNO3. The standard InChI is InChI=1S/C11H12BrNO3/c12-6-9(10(13)14)5-7-2-1-3-8(4-7)11(15)16/h1-4,9H,5-6H2,(H2,13,14)(H,15,16). The number of rotatable bonds is 5. The largest absolute Gasteiger partial charge is 0.478 e. The maximum Gasteiger partial charge on any atom is 0.335 e. The lowest BCUT2D eigenvalue weighted by atomic mass is 9.99. The second-order valence-corrected chi connectivity index (χ2v) is 4.11. The van der Waals surface area contributed by atoms with Gasteiger partial charge in [0.15, 0.2) is 0 Å². The summed E-state index contributed by atoms with van der Waals surface area (Å²) in [5, 5.41) is 9.28. The van der Waals surface area contributed by atoms with Crippen LogP contribution in [0.15, 0.2) is 24.3 Å². The fourth-order valence-corrected chi connectivity index (χ4v) is 1.90. The Balaban J connectivity index is 2.84. The summed E-state index contributed by atoms with van der Waals surface area (Å²) in [5.74, 6) is -1.68. The lowest BCUT2D eigenvalue weighted by Gasteiger charge is -2.10. The van der Waals surface area contributed by atoms with E-state index < -0.39 is 11.9 Å². The number of benzene rings is 1. The highest BCUT2D eigenvalue weighted by molar-refractivity contribution is 9.09. The second kappa shape index (κ2) is 5.65. The minimum Gasteiger partial charge on any atom is -0.478 e. The molecule has 1 unspecified atom stereocenters. The Kier molecular flexibility index (Phi) is 4.49. The van der Waals surface area contributed by atoms with Crippen LogP contribution in [0.3, 0.4) is 0 Å². The molecule has 0 heterocycles. The molecule has 16 heavy (non-hydrogen) atoms. The number of carboxylic acid groups (broad SMARTS) is 1. The molecule has 86 valence electrons. The van der Waals surface area contributed by atoms with Gasteiger partial charge in [-0.05, 0) is 24.1 Å². The molecule has 0 saturated carbocycles. The van der Waals surface area contributed by atoms with E-state index in [1.54, 1.807) is 18.2 Å². The number of hydrogen-bond donors (Lipinski definition) is 2. The molecule has 0 radical (unpaired) electrons. The first-order valence-corrected chi connectivity index (χ1v) is 5.84. The van der Waals surface area contributed by atoms with Crippen LogP contribution in [0.1, 0.15) is 15.9 Å². The number of carboxylic acids is 1. The molecule has 4 nitrogen and oxygen atoms in total. The molecule has 0 saturated heterocycles. The zero-order valence-electron chi connectivity index (χ0n) is 8.52. The SMILES string of the molecule is NC(=O)C(CBr)Cc1cccc(C(=O)O)c1. The fourth-order valence-electron chi connectivity index (χ4n) is 1.35. The molecular weight excluding hydrogens is 274 g/mol. The summed E-state index contributed by atoms with van der Waals surface area (Å²) in [5.41, 5.74) is 6.22. The number of alkyl halides is 1. The third-order valence-corrected chi connectivity index (χ3v) is 3.03. The van der Waals surface area contributed by atoms with E-state index in [0.29, 0.717) is 11.8 Å². The van der Waals surface area contributed by atoms with Crippen LogP contribution >= 0.6 is 15.9 Å². The van der Waals surface area contributed by atoms with Crippen LogP contribution in [-0.4, -0.2) is 22.3 Å². The van der Waals surface area contributed by atoms with Gasteiger partial charge in [-0.15, -0.1) is 0 Å². The van der Waals surface area contributed by atoms with E-state index in [0.717, 1.165) is 5.56 Å². The third-order valence-electron chi connectivity index (χ3n) is 2.24. The highest BCUT2D eigenvalue weighted by Crippen LogP contribution is 2.13. The topological polar surface area (TPSA) is 80.4 Å². The third kappa shape index (κ3) is 3.34. The normalized spacial score (nSPS) is 12.1. The number of carbonyl (C=O) groups excluding carboxylic acids is 1. The molecule has 0 bridgehead atoms. The Morgan fingerprint density at radius 2 is 2.12 bits per heavy atom. The lowest BCUT2D eigenvalue weighted by molar-refractivity contribution is -0.121. The number of carbonyl (C=O) groups is 2. The van der Waals surface area contributed by atoms with Crippen LogP contribution in [0.5, 0.6) is 0 Å². The Morgan fingerprint density at radius 3 is 2.62 bits per heavy atom. The van der Waals surface area contributed by atoms with E-state index in [2.05, 4.69) is 15.9 Å². The molecule has 1 rings (SSSR count). The highest BCUT2D eigenvalue weighted by Gasteiger charge is 2.15. The molecule has 1 atom stereocenters. The van der Waals surface area contributed by atoms with Crippen LogP contribution in [0.2, 0.25) is 0 Å². The molecule has 0 aromatic heterocycles. The molecule has 0 aliphatic heterocycles. The van der Waals surface area contributed by atoms with Crippen molar-refractivity contribution < 1.29 is 14.7 Å². The molecule has 5 heteroatoms. The van der Waals surface area contributed by atoms with Gasteiger partial charge in [0.2, 0.25) is 5.91 Å². The van der Waals surface area contributed by atoms with Gasteiger partial charge in [-0.25, -0.2) is 4.79 Å². The minimum absolute atomic E-state index is 0.218. The molecule has 0 spiro atoms. The van der Waals surface area contributed by atoms with Crippen molar-refractivity contribution in [1.29, 1.82) is 0 Å². The Hall–Kier alpha value is -1.36. The van der Waals surface area contributed by atoms with E-state index >= 15 is 0 Å². The molecule has 0 aliphatic rings. The maximum absolute atomic E-state index is 11.0. The quantitative estimate of drug-likeness (QED) is 0.803. The number of amides is 1. The van der Waals surface area contributed by atoms with Crippen molar-refractivity contribution in [3.63, 3.8) is 0 Å². The van der Waals surface area contributed by atoms with Gasteiger partial charge in [-0.1, -0.05) is 28.1 Å². The average molecular weight is 286 g/mol. The first kappa shape index (κ1) is 12.7. The van der Waals surface area contributed by atoms with Crippen molar-refractivity contribution in [1.82, 2.24) is 0 Å². The maximum atomic E-state index is 11.0. The predicted octanol–water partition coefficient (Wildman–Crippen LogP) is 1.42. The Labute approximate surface area is 102 Å². The van der Waals surface area contributed by atoms with Gasteiger partial charge in [0.05, 0.1) is 11.5 Å². The number of hydrogen-bond acceptors (Lipinski definition) is 2. The van der Waals surface area contributed by atoms with Crippen molar-refractivity contribution >= 4 is 27.8 Å². The molecule has 1 aromatic rings. The monoisotopic (exact) mass is 285 g/mol. The van der Waals surface area contributed by atoms with Crippen molar-refractivity contribution in [3.8, 4) is 0 Å². The second-order valence-electron chi connectivity index (χ2n) is 3.46. The van der Waals surface area contributed by atoms with E-state index in [4.69, 9.17) is 10.8 Å². The lowest BCUT2D eigenvalue weighted by Crippen LogP contribution is -2.26. The van der Waals surface area contributed by atoms with E-state index in [9.17, 15) is 9.59 Å². The smallest absolute Gasteiger partial charge is 0.335 e. The van der Waals surface area contributed by atoms with Crippen LogP contribution in [-0.2, 0) is 11.2 Å². The Morgan fingerprint density at radius 1 is 1.44 bits per heavy atom. The number of primary amides is 1. The number of halogens is 1. The van der Waals surface area contributed by atoms with Crippen LogP contribution in [0.25, 0.3) is 0 Å². The van der Waals surface area contributed by atoms with Gasteiger partial charge in [-0.3, -0.25) is 4.79 Å². The summed E-state index contributed by atoms with van der Waals surface area (Å²) in [6.45, 7) is 0. The summed E-state index contributed by atoms with van der Waals surface area (Å²) in [6, 6.07) is 6.51. The minimum atomic E-state index is -0.976. The van der Waals surface area contributed by atoms with Gasteiger partial charge >= 0.3 is 5.97 Å². The first-order valence-electron chi connectivity index (χ1n) is 4.72. The summed E-state index contributed by atoms with van der Waals surface area (Å²) < 4.78 is 0. The number of nitrogens with two attached hydrogens (primary N) is 1. The Bertz CT molecular complexity index is 406. The molecule has 0 fully saturated rings. The van der Waals surface area contributed by atoms with Gasteiger partial charge in [0.1, 0.15) is 0 Å². The van der Waals surface area contributed by atoms with Gasteiger partial charge < -0.3 is 10.8 Å². The summed E-state index contributed by atoms with van der Waals surface area (Å²) in [7, 11) is 0. The zero-order valence-corrected chi connectivity index (χ0v) is 10.1. The fraction of sp³-hybridized carbons (Fsp3) is 0.273. The van der Waals surface area contributed by atoms with Gasteiger partial charge in [-0.2, -0.15) is 0 Å². The summed E-state index contributed by atoms with van der Waals surface area (Å²) >= 11 is 3.20. The molecule has 1 aromatic carbocycles.